The first kappa shape index (κ1) is 18.3. The number of carbonyl (C=O) groups excluding carboxylic acids is 1. The largest absolute Gasteiger partial charge is 0.444 e. The van der Waals surface area contributed by atoms with Crippen LogP contribution in [0, 0.1) is 6.92 Å². The van der Waals surface area contributed by atoms with E-state index in [-0.39, 0.29) is 12.1 Å². The zero-order chi connectivity index (χ0) is 17.2. The number of likely N-dealkylation sites (tertiary alicyclic amines) is 1. The Morgan fingerprint density at radius 2 is 2.13 bits per heavy atom. The first-order valence-corrected chi connectivity index (χ1v) is 8.88. The lowest BCUT2D eigenvalue weighted by Gasteiger charge is -2.28. The Morgan fingerprint density at radius 1 is 1.43 bits per heavy atom. The van der Waals surface area contributed by atoms with Gasteiger partial charge in [0.2, 0.25) is 0 Å². The SMILES string of the molecule is Cc1ccc(CN2CCC(N(C)C(=O)OC(C)(C)C)C2)c(Br)c1. The maximum absolute atomic E-state index is 12.2. The van der Waals surface area contributed by atoms with Gasteiger partial charge in [-0.2, -0.15) is 0 Å². The molecule has 1 aliphatic rings. The van der Waals surface area contributed by atoms with Crippen LogP contribution >= 0.6 is 15.9 Å². The van der Waals surface area contributed by atoms with Crippen molar-refractivity contribution in [2.45, 2.75) is 52.3 Å². The summed E-state index contributed by atoms with van der Waals surface area (Å²) in [5, 5.41) is 0. The molecule has 1 amide bonds. The van der Waals surface area contributed by atoms with Crippen LogP contribution < -0.4 is 0 Å². The summed E-state index contributed by atoms with van der Waals surface area (Å²) in [4.78, 5) is 16.3. The van der Waals surface area contributed by atoms with E-state index in [4.69, 9.17) is 4.74 Å². The first-order chi connectivity index (χ1) is 10.7. The zero-order valence-electron chi connectivity index (χ0n) is 14.7. The molecule has 1 aliphatic heterocycles. The molecule has 1 heterocycles. The predicted molar refractivity (Wildman–Crippen MR) is 96.6 cm³/mol. The first-order valence-electron chi connectivity index (χ1n) is 8.09. The average molecular weight is 383 g/mol. The van der Waals surface area contributed by atoms with Gasteiger partial charge in [0.15, 0.2) is 0 Å². The van der Waals surface area contributed by atoms with Crippen molar-refractivity contribution in [1.29, 1.82) is 0 Å². The lowest BCUT2D eigenvalue weighted by molar-refractivity contribution is 0.0228. The molecule has 1 unspecified atom stereocenters. The summed E-state index contributed by atoms with van der Waals surface area (Å²) < 4.78 is 6.61. The van der Waals surface area contributed by atoms with E-state index in [2.05, 4.69) is 46.0 Å². The van der Waals surface area contributed by atoms with Crippen molar-refractivity contribution in [2.24, 2.45) is 0 Å². The highest BCUT2D eigenvalue weighted by atomic mass is 79.9. The standard InChI is InChI=1S/C18H27BrN2O2/c1-13-6-7-14(16(19)10-13)11-21-9-8-15(12-21)20(5)17(22)23-18(2,3)4/h6-7,10,15H,8-9,11-12H2,1-5H3. The smallest absolute Gasteiger partial charge is 0.410 e. The molecule has 1 fully saturated rings. The van der Waals surface area contributed by atoms with Gasteiger partial charge in [-0.3, -0.25) is 4.90 Å². The summed E-state index contributed by atoms with van der Waals surface area (Å²) in [5.41, 5.74) is 2.09. The van der Waals surface area contributed by atoms with E-state index >= 15 is 0 Å². The van der Waals surface area contributed by atoms with Gasteiger partial charge in [-0.15, -0.1) is 0 Å². The number of amides is 1. The Hall–Kier alpha value is -1.07. The van der Waals surface area contributed by atoms with Crippen molar-refractivity contribution < 1.29 is 9.53 Å². The van der Waals surface area contributed by atoms with Gasteiger partial charge < -0.3 is 9.64 Å². The maximum atomic E-state index is 12.2. The van der Waals surface area contributed by atoms with E-state index in [1.54, 1.807) is 4.90 Å². The molecule has 1 aromatic carbocycles. The van der Waals surface area contributed by atoms with Crippen molar-refractivity contribution in [2.75, 3.05) is 20.1 Å². The Kier molecular flexibility index (Phi) is 5.74. The fourth-order valence-corrected chi connectivity index (χ4v) is 3.40. The van der Waals surface area contributed by atoms with Crippen molar-refractivity contribution in [3.63, 3.8) is 0 Å². The summed E-state index contributed by atoms with van der Waals surface area (Å²) >= 11 is 3.64. The number of nitrogens with zero attached hydrogens (tertiary/aromatic N) is 2. The molecule has 0 radical (unpaired) electrons. The van der Waals surface area contributed by atoms with Crippen LogP contribution in [-0.4, -0.2) is 47.7 Å². The molecule has 5 heteroatoms. The van der Waals surface area contributed by atoms with E-state index < -0.39 is 5.60 Å². The van der Waals surface area contributed by atoms with Crippen molar-refractivity contribution >= 4 is 22.0 Å². The minimum absolute atomic E-state index is 0.217. The third-order valence-electron chi connectivity index (χ3n) is 4.08. The summed E-state index contributed by atoms with van der Waals surface area (Å²) in [6, 6.07) is 6.68. The van der Waals surface area contributed by atoms with Gasteiger partial charge in [-0.1, -0.05) is 28.1 Å². The number of aryl methyl sites for hydroxylation is 1. The Balaban J connectivity index is 1.91. The number of likely N-dealkylation sites (N-methyl/N-ethyl adjacent to an activating group) is 1. The summed E-state index contributed by atoms with van der Waals surface area (Å²) in [5.74, 6) is 0. The molecule has 0 saturated carbocycles. The maximum Gasteiger partial charge on any atom is 0.410 e. The number of rotatable bonds is 3. The van der Waals surface area contributed by atoms with Crippen LogP contribution in [0.2, 0.25) is 0 Å². The predicted octanol–water partition coefficient (Wildman–Crippen LogP) is 4.20. The zero-order valence-corrected chi connectivity index (χ0v) is 16.3. The van der Waals surface area contributed by atoms with E-state index in [1.165, 1.54) is 11.1 Å². The van der Waals surface area contributed by atoms with Gasteiger partial charge in [0.25, 0.3) is 0 Å². The number of ether oxygens (including phenoxy) is 1. The number of hydrogen-bond acceptors (Lipinski definition) is 3. The van der Waals surface area contributed by atoms with Gasteiger partial charge in [0, 0.05) is 37.2 Å². The summed E-state index contributed by atoms with van der Waals surface area (Å²) in [6.07, 6.45) is 0.750. The molecule has 1 aromatic rings. The van der Waals surface area contributed by atoms with Gasteiger partial charge in [0.1, 0.15) is 5.60 Å². The second-order valence-electron chi connectivity index (χ2n) is 7.36. The normalized spacial score (nSPS) is 19.0. The topological polar surface area (TPSA) is 32.8 Å². The third kappa shape index (κ3) is 5.21. The highest BCUT2D eigenvalue weighted by molar-refractivity contribution is 9.10. The Bertz CT molecular complexity index is 569. The summed E-state index contributed by atoms with van der Waals surface area (Å²) in [7, 11) is 1.84. The molecule has 4 nitrogen and oxygen atoms in total. The van der Waals surface area contributed by atoms with Crippen molar-refractivity contribution in [3.05, 3.63) is 33.8 Å². The van der Waals surface area contributed by atoms with E-state index in [1.807, 2.05) is 27.8 Å². The molecule has 128 valence electrons. The van der Waals surface area contributed by atoms with Gasteiger partial charge in [-0.25, -0.2) is 4.79 Å². The Labute approximate surface area is 147 Å². The van der Waals surface area contributed by atoms with E-state index in [0.717, 1.165) is 30.5 Å². The molecule has 1 saturated heterocycles. The lowest BCUT2D eigenvalue weighted by Crippen LogP contribution is -2.42. The molecule has 1 atom stereocenters. The molecule has 2 rings (SSSR count). The quantitative estimate of drug-likeness (QED) is 0.784. The Morgan fingerprint density at radius 3 is 2.74 bits per heavy atom. The van der Waals surface area contributed by atoms with Crippen LogP contribution in [0.15, 0.2) is 22.7 Å². The molecular weight excluding hydrogens is 356 g/mol. The van der Waals surface area contributed by atoms with Gasteiger partial charge in [-0.05, 0) is 51.3 Å². The molecule has 0 N–H and O–H groups in total. The second kappa shape index (κ2) is 7.22. The minimum Gasteiger partial charge on any atom is -0.444 e. The number of hydrogen-bond donors (Lipinski definition) is 0. The fraction of sp³-hybridized carbons (Fsp3) is 0.611. The summed E-state index contributed by atoms with van der Waals surface area (Å²) in [6.45, 7) is 10.6. The molecule has 0 aliphatic carbocycles. The molecule has 0 aromatic heterocycles. The second-order valence-corrected chi connectivity index (χ2v) is 8.22. The van der Waals surface area contributed by atoms with Crippen LogP contribution in [0.5, 0.6) is 0 Å². The van der Waals surface area contributed by atoms with E-state index in [9.17, 15) is 4.79 Å². The monoisotopic (exact) mass is 382 g/mol. The molecular formula is C18H27BrN2O2. The van der Waals surface area contributed by atoms with Crippen LogP contribution in [0.4, 0.5) is 4.79 Å². The highest BCUT2D eigenvalue weighted by Crippen LogP contribution is 2.23. The van der Waals surface area contributed by atoms with Crippen LogP contribution in [0.25, 0.3) is 0 Å². The van der Waals surface area contributed by atoms with Crippen molar-refractivity contribution in [1.82, 2.24) is 9.80 Å². The van der Waals surface area contributed by atoms with E-state index in [0.29, 0.717) is 0 Å². The number of halogens is 1. The fourth-order valence-electron chi connectivity index (χ4n) is 2.78. The molecule has 23 heavy (non-hydrogen) atoms. The minimum atomic E-state index is -0.448. The molecule has 0 bridgehead atoms. The lowest BCUT2D eigenvalue weighted by atomic mass is 10.1. The number of carbonyl (C=O) groups is 1. The van der Waals surface area contributed by atoms with Crippen LogP contribution in [-0.2, 0) is 11.3 Å². The molecule has 0 spiro atoms. The van der Waals surface area contributed by atoms with Crippen LogP contribution in [0.3, 0.4) is 0 Å². The third-order valence-corrected chi connectivity index (χ3v) is 4.82. The average Bonchev–Trinajstić information content (AvgIpc) is 2.87. The highest BCUT2D eigenvalue weighted by Gasteiger charge is 2.31. The van der Waals surface area contributed by atoms with Gasteiger partial charge >= 0.3 is 6.09 Å². The van der Waals surface area contributed by atoms with Crippen LogP contribution in [0.1, 0.15) is 38.3 Å². The van der Waals surface area contributed by atoms with Gasteiger partial charge in [0.05, 0.1) is 0 Å². The number of benzene rings is 1. The van der Waals surface area contributed by atoms with Crippen molar-refractivity contribution in [3.8, 4) is 0 Å².